The number of benzene rings is 1. The third-order valence-corrected chi connectivity index (χ3v) is 4.21. The number of aliphatic imine (C=N–C) groups is 1. The summed E-state index contributed by atoms with van der Waals surface area (Å²) in [6.07, 6.45) is 6.11. The molecule has 24 heavy (non-hydrogen) atoms. The van der Waals surface area contributed by atoms with Crippen molar-refractivity contribution in [2.45, 2.75) is 58.6 Å². The van der Waals surface area contributed by atoms with Gasteiger partial charge in [0.1, 0.15) is 5.75 Å². The first-order valence-corrected chi connectivity index (χ1v) is 9.06. The van der Waals surface area contributed by atoms with E-state index in [-0.39, 0.29) is 0 Å². The van der Waals surface area contributed by atoms with Gasteiger partial charge >= 0.3 is 0 Å². The molecule has 5 nitrogen and oxygen atoms in total. The fourth-order valence-electron chi connectivity index (χ4n) is 2.85. The number of nitrogens with two attached hydrogens (primary N) is 1. The number of rotatable bonds is 9. The maximum atomic E-state index is 6.20. The Balaban J connectivity index is 1.87. The summed E-state index contributed by atoms with van der Waals surface area (Å²) >= 11 is 0. The van der Waals surface area contributed by atoms with Crippen LogP contribution in [0.4, 0.5) is 0 Å². The van der Waals surface area contributed by atoms with E-state index in [1.807, 2.05) is 6.92 Å². The second-order valence-electron chi connectivity index (χ2n) is 6.31. The molecule has 0 aliphatic heterocycles. The standard InChI is InChI=1S/C19H31N3O2/c1-3-23-12-6-11-21-19(20)22-14-16-10-9-15(2)13-18(16)24-17-7-4-5-8-17/h9-10,13,17H,3-8,11-12,14H2,1-2H3,(H3,20,21,22). The molecule has 5 heteroatoms. The van der Waals surface area contributed by atoms with Crippen LogP contribution < -0.4 is 15.8 Å². The van der Waals surface area contributed by atoms with Crippen LogP contribution >= 0.6 is 0 Å². The number of guanidine groups is 1. The molecule has 0 saturated heterocycles. The maximum absolute atomic E-state index is 6.20. The van der Waals surface area contributed by atoms with E-state index in [1.54, 1.807) is 0 Å². The van der Waals surface area contributed by atoms with Crippen molar-refractivity contribution in [2.75, 3.05) is 19.8 Å². The van der Waals surface area contributed by atoms with E-state index in [1.165, 1.54) is 18.4 Å². The Morgan fingerprint density at radius 2 is 2.12 bits per heavy atom. The molecule has 0 radical (unpaired) electrons. The molecule has 0 unspecified atom stereocenters. The highest BCUT2D eigenvalue weighted by Gasteiger charge is 2.18. The predicted molar refractivity (Wildman–Crippen MR) is 98.5 cm³/mol. The van der Waals surface area contributed by atoms with Crippen LogP contribution in [0, 0.1) is 6.92 Å². The first-order chi connectivity index (χ1) is 11.7. The van der Waals surface area contributed by atoms with Gasteiger partial charge in [0, 0.05) is 25.3 Å². The Morgan fingerprint density at radius 3 is 2.88 bits per heavy atom. The minimum absolute atomic E-state index is 0.351. The summed E-state index contributed by atoms with van der Waals surface area (Å²) in [7, 11) is 0. The van der Waals surface area contributed by atoms with Crippen LogP contribution in [0.2, 0.25) is 0 Å². The minimum atomic E-state index is 0.351. The number of ether oxygens (including phenoxy) is 2. The van der Waals surface area contributed by atoms with E-state index in [9.17, 15) is 0 Å². The first-order valence-electron chi connectivity index (χ1n) is 9.06. The third kappa shape index (κ3) is 6.40. The zero-order chi connectivity index (χ0) is 17.2. The lowest BCUT2D eigenvalue weighted by molar-refractivity contribution is 0.145. The summed E-state index contributed by atoms with van der Waals surface area (Å²) < 4.78 is 11.5. The summed E-state index contributed by atoms with van der Waals surface area (Å²) in [5, 5.41) is 3.12. The van der Waals surface area contributed by atoms with Crippen LogP contribution in [0.5, 0.6) is 5.75 Å². The van der Waals surface area contributed by atoms with Crippen molar-refractivity contribution in [1.82, 2.24) is 5.32 Å². The van der Waals surface area contributed by atoms with Crippen LogP contribution in [0.25, 0.3) is 0 Å². The number of hydrogen-bond donors (Lipinski definition) is 2. The average Bonchev–Trinajstić information content (AvgIpc) is 3.07. The van der Waals surface area contributed by atoms with Gasteiger partial charge in [0.15, 0.2) is 5.96 Å². The Morgan fingerprint density at radius 1 is 1.33 bits per heavy atom. The van der Waals surface area contributed by atoms with Gasteiger partial charge in [-0.05, 0) is 57.6 Å². The Bertz CT molecular complexity index is 525. The molecular formula is C19H31N3O2. The zero-order valence-corrected chi connectivity index (χ0v) is 15.0. The van der Waals surface area contributed by atoms with Gasteiger partial charge in [-0.25, -0.2) is 4.99 Å². The molecule has 0 amide bonds. The van der Waals surface area contributed by atoms with Crippen LogP contribution in [0.1, 0.15) is 50.2 Å². The summed E-state index contributed by atoms with van der Waals surface area (Å²) in [6, 6.07) is 6.29. The summed E-state index contributed by atoms with van der Waals surface area (Å²) in [4.78, 5) is 4.44. The predicted octanol–water partition coefficient (Wildman–Crippen LogP) is 3.15. The lowest BCUT2D eigenvalue weighted by Crippen LogP contribution is -2.32. The van der Waals surface area contributed by atoms with E-state index < -0.39 is 0 Å². The monoisotopic (exact) mass is 333 g/mol. The van der Waals surface area contributed by atoms with E-state index in [2.05, 4.69) is 35.4 Å². The van der Waals surface area contributed by atoms with Crippen molar-refractivity contribution in [3.63, 3.8) is 0 Å². The van der Waals surface area contributed by atoms with Gasteiger partial charge in [0.05, 0.1) is 12.6 Å². The molecule has 1 saturated carbocycles. The average molecular weight is 333 g/mol. The Kier molecular flexibility index (Phi) is 7.89. The lowest BCUT2D eigenvalue weighted by Gasteiger charge is -2.16. The third-order valence-electron chi connectivity index (χ3n) is 4.21. The molecule has 1 fully saturated rings. The molecule has 134 valence electrons. The van der Waals surface area contributed by atoms with Gasteiger partial charge in [-0.2, -0.15) is 0 Å². The van der Waals surface area contributed by atoms with Gasteiger partial charge in [-0.1, -0.05) is 12.1 Å². The molecule has 0 spiro atoms. The molecule has 0 aromatic heterocycles. The van der Waals surface area contributed by atoms with Gasteiger partial charge < -0.3 is 20.5 Å². The molecule has 1 aromatic carbocycles. The van der Waals surface area contributed by atoms with E-state index >= 15 is 0 Å². The van der Waals surface area contributed by atoms with E-state index in [0.717, 1.165) is 50.3 Å². The molecular weight excluding hydrogens is 302 g/mol. The highest BCUT2D eigenvalue weighted by molar-refractivity contribution is 5.77. The molecule has 0 bridgehead atoms. The zero-order valence-electron chi connectivity index (χ0n) is 15.0. The van der Waals surface area contributed by atoms with E-state index in [4.69, 9.17) is 15.2 Å². The summed E-state index contributed by atoms with van der Waals surface area (Å²) in [5.41, 5.74) is 8.23. The number of aryl methyl sites for hydroxylation is 1. The summed E-state index contributed by atoms with van der Waals surface area (Å²) in [6.45, 7) is 6.88. The largest absolute Gasteiger partial charge is 0.490 e. The molecule has 1 aliphatic rings. The second kappa shape index (κ2) is 10.2. The molecule has 0 heterocycles. The number of hydrogen-bond acceptors (Lipinski definition) is 3. The minimum Gasteiger partial charge on any atom is -0.490 e. The highest BCUT2D eigenvalue weighted by atomic mass is 16.5. The highest BCUT2D eigenvalue weighted by Crippen LogP contribution is 2.28. The van der Waals surface area contributed by atoms with Crippen LogP contribution in [0.15, 0.2) is 23.2 Å². The van der Waals surface area contributed by atoms with Crippen LogP contribution in [-0.2, 0) is 11.3 Å². The van der Waals surface area contributed by atoms with Crippen molar-refractivity contribution in [1.29, 1.82) is 0 Å². The number of nitrogens with one attached hydrogen (secondary N) is 1. The van der Waals surface area contributed by atoms with Gasteiger partial charge in [-0.3, -0.25) is 0 Å². The van der Waals surface area contributed by atoms with Crippen LogP contribution in [0.3, 0.4) is 0 Å². The first kappa shape index (κ1) is 18.6. The van der Waals surface area contributed by atoms with Gasteiger partial charge in [0.25, 0.3) is 0 Å². The Hall–Kier alpha value is -1.75. The maximum Gasteiger partial charge on any atom is 0.188 e. The fraction of sp³-hybridized carbons (Fsp3) is 0.632. The molecule has 0 atom stereocenters. The number of nitrogens with zero attached hydrogens (tertiary/aromatic N) is 1. The molecule has 3 N–H and O–H groups in total. The van der Waals surface area contributed by atoms with Gasteiger partial charge in [-0.15, -0.1) is 0 Å². The van der Waals surface area contributed by atoms with Gasteiger partial charge in [0.2, 0.25) is 0 Å². The van der Waals surface area contributed by atoms with E-state index in [0.29, 0.717) is 18.6 Å². The Labute approximate surface area is 145 Å². The fourth-order valence-corrected chi connectivity index (χ4v) is 2.85. The smallest absolute Gasteiger partial charge is 0.188 e. The molecule has 1 aliphatic carbocycles. The van der Waals surface area contributed by atoms with Crippen molar-refractivity contribution < 1.29 is 9.47 Å². The lowest BCUT2D eigenvalue weighted by atomic mass is 10.1. The SMILES string of the molecule is CCOCCCNC(N)=NCc1ccc(C)cc1OC1CCCC1. The van der Waals surface area contributed by atoms with Crippen LogP contribution in [-0.4, -0.2) is 31.8 Å². The van der Waals surface area contributed by atoms with Crippen molar-refractivity contribution in [3.8, 4) is 5.75 Å². The summed E-state index contributed by atoms with van der Waals surface area (Å²) in [5.74, 6) is 1.42. The van der Waals surface area contributed by atoms with Crippen molar-refractivity contribution in [2.24, 2.45) is 10.7 Å². The molecule has 2 rings (SSSR count). The molecule has 1 aromatic rings. The second-order valence-corrected chi connectivity index (χ2v) is 6.31. The van der Waals surface area contributed by atoms with Crippen molar-refractivity contribution >= 4 is 5.96 Å². The van der Waals surface area contributed by atoms with Crippen molar-refractivity contribution in [3.05, 3.63) is 29.3 Å². The normalized spacial score (nSPS) is 15.7. The topological polar surface area (TPSA) is 68.9 Å². The quantitative estimate of drug-likeness (QED) is 0.414.